The molecule has 1 atom stereocenters. The molecule has 1 N–H and O–H groups in total. The number of benzene rings is 4. The smallest absolute Gasteiger partial charge is 0.416 e. The van der Waals surface area contributed by atoms with Crippen LogP contribution in [-0.4, -0.2) is 28.2 Å². The minimum atomic E-state index is -4.66. The van der Waals surface area contributed by atoms with E-state index in [0.29, 0.717) is 5.56 Å². The van der Waals surface area contributed by atoms with Gasteiger partial charge in [-0.1, -0.05) is 72.8 Å². The number of hydrogen-bond acceptors (Lipinski definition) is 5. The zero-order chi connectivity index (χ0) is 30.3. The Bertz CT molecular complexity index is 1930. The van der Waals surface area contributed by atoms with Gasteiger partial charge < -0.3 is 9.94 Å². The second-order valence-electron chi connectivity index (χ2n) is 10.1. The number of halogens is 3. The highest BCUT2D eigenvalue weighted by atomic mass is 19.4. The van der Waals surface area contributed by atoms with Gasteiger partial charge in [0.2, 0.25) is 0 Å². The molecule has 10 heteroatoms. The van der Waals surface area contributed by atoms with Crippen LogP contribution in [0.25, 0.3) is 21.9 Å². The van der Waals surface area contributed by atoms with Crippen LogP contribution in [0.4, 0.5) is 19.0 Å². The number of aromatic nitrogens is 1. The summed E-state index contributed by atoms with van der Waals surface area (Å²) in [5.74, 6) is -2.29. The summed E-state index contributed by atoms with van der Waals surface area (Å²) in [5.41, 5.74) is -0.0557. The van der Waals surface area contributed by atoms with E-state index < -0.39 is 41.8 Å². The fraction of sp³-hybridized carbons (Fsp3) is 0.121. The zero-order valence-electron chi connectivity index (χ0n) is 22.4. The summed E-state index contributed by atoms with van der Waals surface area (Å²) in [6, 6.07) is 25.5. The Morgan fingerprint density at radius 1 is 0.860 bits per heavy atom. The average molecular weight is 585 g/mol. The maximum Gasteiger partial charge on any atom is 0.416 e. The van der Waals surface area contributed by atoms with Gasteiger partial charge in [0.1, 0.15) is 0 Å². The highest BCUT2D eigenvalue weighted by Crippen LogP contribution is 2.42. The molecule has 0 aliphatic carbocycles. The van der Waals surface area contributed by atoms with Crippen LogP contribution in [0.3, 0.4) is 0 Å². The van der Waals surface area contributed by atoms with E-state index in [9.17, 15) is 32.7 Å². The topological polar surface area (TPSA) is 88.8 Å². The number of fused-ring (bicyclic) bond motifs is 2. The number of carbonyl (C=O) groups is 2. The van der Waals surface area contributed by atoms with Gasteiger partial charge in [-0.2, -0.15) is 18.2 Å². The SMILES string of the molecule is O=C(ON1CC(C(=O)O)n2c1c(-c1cccc(C(F)(F)F)c1)c(Cc1cccc3ccccc13)cc2=O)c1ccccc1. The van der Waals surface area contributed by atoms with Crippen LogP contribution < -0.4 is 10.6 Å². The third-order valence-corrected chi connectivity index (χ3v) is 7.42. The quantitative estimate of drug-likeness (QED) is 0.245. The molecule has 4 aromatic carbocycles. The summed E-state index contributed by atoms with van der Waals surface area (Å²) in [4.78, 5) is 44.6. The molecule has 43 heavy (non-hydrogen) atoms. The van der Waals surface area contributed by atoms with Crippen LogP contribution >= 0.6 is 0 Å². The normalized spacial score (nSPS) is 14.5. The Labute approximate surface area is 243 Å². The first kappa shape index (κ1) is 27.8. The Kier molecular flexibility index (Phi) is 6.97. The predicted octanol–water partition coefficient (Wildman–Crippen LogP) is 6.50. The molecule has 0 bridgehead atoms. The van der Waals surface area contributed by atoms with Crippen LogP contribution in [0.2, 0.25) is 0 Å². The molecule has 0 saturated carbocycles. The van der Waals surface area contributed by atoms with E-state index in [1.807, 2.05) is 42.5 Å². The van der Waals surface area contributed by atoms with Crippen molar-refractivity contribution in [1.82, 2.24) is 4.57 Å². The number of carboxylic acids is 1. The van der Waals surface area contributed by atoms with Crippen LogP contribution in [0, 0.1) is 0 Å². The van der Waals surface area contributed by atoms with Crippen molar-refractivity contribution in [2.45, 2.75) is 18.6 Å². The van der Waals surface area contributed by atoms with Gasteiger partial charge in [-0.3, -0.25) is 9.36 Å². The Balaban J connectivity index is 1.59. The minimum absolute atomic E-state index is 0.0839. The summed E-state index contributed by atoms with van der Waals surface area (Å²) in [7, 11) is 0. The molecular formula is C33H23F3N2O5. The summed E-state index contributed by atoms with van der Waals surface area (Å²) in [5, 5.41) is 12.8. The molecule has 6 rings (SSSR count). The van der Waals surface area contributed by atoms with Gasteiger partial charge in [0.05, 0.1) is 17.7 Å². The third-order valence-electron chi connectivity index (χ3n) is 7.42. The number of alkyl halides is 3. The molecule has 1 unspecified atom stereocenters. The first-order valence-electron chi connectivity index (χ1n) is 13.3. The molecule has 0 amide bonds. The van der Waals surface area contributed by atoms with Crippen LogP contribution in [0.5, 0.6) is 0 Å². The zero-order valence-corrected chi connectivity index (χ0v) is 22.4. The van der Waals surface area contributed by atoms with E-state index in [1.54, 1.807) is 18.2 Å². The molecule has 0 spiro atoms. The van der Waals surface area contributed by atoms with Gasteiger partial charge in [0.15, 0.2) is 11.9 Å². The second kappa shape index (κ2) is 10.8. The lowest BCUT2D eigenvalue weighted by Crippen LogP contribution is -2.29. The van der Waals surface area contributed by atoms with E-state index in [-0.39, 0.29) is 28.9 Å². The highest BCUT2D eigenvalue weighted by Gasteiger charge is 2.40. The number of hydroxylamine groups is 1. The largest absolute Gasteiger partial charge is 0.480 e. The molecule has 2 heterocycles. The molecule has 0 fully saturated rings. The van der Waals surface area contributed by atoms with E-state index in [4.69, 9.17) is 4.84 Å². The molecule has 1 aliphatic rings. The van der Waals surface area contributed by atoms with Gasteiger partial charge in [-0.25, -0.2) is 9.59 Å². The van der Waals surface area contributed by atoms with Crippen molar-refractivity contribution in [2.75, 3.05) is 11.6 Å². The molecule has 0 saturated heterocycles. The van der Waals surface area contributed by atoms with Crippen molar-refractivity contribution in [3.8, 4) is 11.1 Å². The van der Waals surface area contributed by atoms with Gasteiger partial charge in [-0.15, -0.1) is 0 Å². The number of carboxylic acid groups (broad SMARTS) is 1. The maximum absolute atomic E-state index is 13.8. The lowest BCUT2D eigenvalue weighted by Gasteiger charge is -2.23. The standard InChI is InChI=1S/C33H23F3N2O5/c34-33(35,36)25-14-7-13-23(17-25)29-24(16-22-12-6-11-20-8-4-5-15-26(20)22)18-28(39)38-27(31(40)41)19-37(30(29)38)43-32(42)21-9-2-1-3-10-21/h1-15,17-18,27H,16,19H2,(H,40,41). The Morgan fingerprint density at radius 3 is 2.30 bits per heavy atom. The fourth-order valence-electron chi connectivity index (χ4n) is 5.48. The molecule has 0 radical (unpaired) electrons. The van der Waals surface area contributed by atoms with Gasteiger partial charge >= 0.3 is 18.1 Å². The van der Waals surface area contributed by atoms with Crippen molar-refractivity contribution >= 4 is 28.5 Å². The van der Waals surface area contributed by atoms with E-state index >= 15 is 0 Å². The Hall–Kier alpha value is -5.38. The third kappa shape index (κ3) is 5.23. The van der Waals surface area contributed by atoms with Gasteiger partial charge in [0, 0.05) is 11.6 Å². The molecule has 216 valence electrons. The highest BCUT2D eigenvalue weighted by molar-refractivity contribution is 5.92. The maximum atomic E-state index is 13.8. The van der Waals surface area contributed by atoms with Crippen molar-refractivity contribution in [2.24, 2.45) is 0 Å². The van der Waals surface area contributed by atoms with Crippen molar-refractivity contribution in [3.63, 3.8) is 0 Å². The number of carbonyl (C=O) groups excluding carboxylic acids is 1. The van der Waals surface area contributed by atoms with Crippen LogP contribution in [-0.2, 0) is 22.2 Å². The molecular weight excluding hydrogens is 561 g/mol. The molecule has 1 aliphatic heterocycles. The number of anilines is 1. The summed E-state index contributed by atoms with van der Waals surface area (Å²) in [6.07, 6.45) is -4.53. The lowest BCUT2D eigenvalue weighted by molar-refractivity contribution is -0.140. The summed E-state index contributed by atoms with van der Waals surface area (Å²) < 4.78 is 42.5. The Morgan fingerprint density at radius 2 is 1.56 bits per heavy atom. The van der Waals surface area contributed by atoms with Gasteiger partial charge in [-0.05, 0) is 58.1 Å². The van der Waals surface area contributed by atoms with Crippen LogP contribution in [0.15, 0.2) is 108 Å². The number of nitrogens with zero attached hydrogens (tertiary/aromatic N) is 2. The monoisotopic (exact) mass is 584 g/mol. The summed E-state index contributed by atoms with van der Waals surface area (Å²) in [6.45, 7) is -0.424. The van der Waals surface area contributed by atoms with E-state index in [1.165, 1.54) is 30.3 Å². The fourth-order valence-corrected chi connectivity index (χ4v) is 5.48. The number of rotatable bonds is 6. The van der Waals surface area contributed by atoms with Crippen molar-refractivity contribution in [1.29, 1.82) is 0 Å². The molecule has 5 aromatic rings. The van der Waals surface area contributed by atoms with E-state index in [2.05, 4.69) is 0 Å². The van der Waals surface area contributed by atoms with Gasteiger partial charge in [0.25, 0.3) is 5.56 Å². The number of pyridine rings is 1. The average Bonchev–Trinajstić information content (AvgIpc) is 3.37. The number of hydrogen-bond donors (Lipinski definition) is 1. The summed E-state index contributed by atoms with van der Waals surface area (Å²) >= 11 is 0. The number of aliphatic carboxylic acids is 1. The minimum Gasteiger partial charge on any atom is -0.480 e. The second-order valence-corrected chi connectivity index (χ2v) is 10.1. The van der Waals surface area contributed by atoms with Crippen molar-refractivity contribution in [3.05, 3.63) is 136 Å². The van der Waals surface area contributed by atoms with Crippen molar-refractivity contribution < 1.29 is 32.7 Å². The molecule has 1 aromatic heterocycles. The lowest BCUT2D eigenvalue weighted by atomic mass is 9.92. The van der Waals surface area contributed by atoms with E-state index in [0.717, 1.165) is 38.1 Å². The molecule has 7 nitrogen and oxygen atoms in total. The first-order chi connectivity index (χ1) is 20.6. The first-order valence-corrected chi connectivity index (χ1v) is 13.3. The predicted molar refractivity (Wildman–Crippen MR) is 154 cm³/mol. The van der Waals surface area contributed by atoms with Crippen LogP contribution in [0.1, 0.15) is 33.1 Å².